The molecule has 0 aromatic heterocycles. The zero-order valence-corrected chi connectivity index (χ0v) is 10.7. The van der Waals surface area contributed by atoms with Crippen LogP contribution < -0.4 is 0 Å². The fourth-order valence-corrected chi connectivity index (χ4v) is 2.65. The lowest BCUT2D eigenvalue weighted by Gasteiger charge is -2.13. The van der Waals surface area contributed by atoms with Gasteiger partial charge in [-0.1, -0.05) is 42.1 Å². The molecule has 2 nitrogen and oxygen atoms in total. The van der Waals surface area contributed by atoms with E-state index in [1.807, 2.05) is 61.5 Å². The lowest BCUT2D eigenvalue weighted by Crippen LogP contribution is -1.91. The highest BCUT2D eigenvalue weighted by Crippen LogP contribution is 2.39. The number of hydrogen-bond acceptors (Lipinski definition) is 3. The molecule has 86 valence electrons. The van der Waals surface area contributed by atoms with E-state index in [-0.39, 0.29) is 5.57 Å². The van der Waals surface area contributed by atoms with Crippen molar-refractivity contribution in [1.82, 2.24) is 0 Å². The van der Waals surface area contributed by atoms with Crippen molar-refractivity contribution in [1.29, 1.82) is 10.5 Å². The molecule has 18 heavy (non-hydrogen) atoms. The Kier molecular flexibility index (Phi) is 3.67. The quantitative estimate of drug-likeness (QED) is 0.707. The van der Waals surface area contributed by atoms with E-state index in [0.717, 1.165) is 15.4 Å². The first-order valence-corrected chi connectivity index (χ1v) is 6.24. The van der Waals surface area contributed by atoms with Crippen LogP contribution >= 0.6 is 11.8 Å². The summed E-state index contributed by atoms with van der Waals surface area (Å²) in [5.41, 5.74) is 1.95. The van der Waals surface area contributed by atoms with Crippen molar-refractivity contribution in [3.8, 4) is 12.1 Å². The first-order chi connectivity index (χ1) is 8.74. The third-order valence-corrected chi connectivity index (χ3v) is 3.50. The van der Waals surface area contributed by atoms with Gasteiger partial charge >= 0.3 is 0 Å². The Labute approximate surface area is 111 Å². The Morgan fingerprint density at radius 1 is 1.06 bits per heavy atom. The predicted octanol–water partition coefficient (Wildman–Crippen LogP) is 4.02. The third-order valence-electron chi connectivity index (χ3n) is 2.49. The molecule has 0 spiro atoms. The molecule has 0 saturated heterocycles. The molecule has 0 radical (unpaired) electrons. The summed E-state index contributed by atoms with van der Waals surface area (Å²) in [6.07, 6.45) is 3.77. The Morgan fingerprint density at radius 3 is 2.33 bits per heavy atom. The number of thioether (sulfide) groups is 1. The molecule has 0 atom stereocenters. The summed E-state index contributed by atoms with van der Waals surface area (Å²) in [5.74, 6) is 0. The second-order valence-corrected chi connectivity index (χ2v) is 5.07. The number of nitrogens with zero attached hydrogens (tertiary/aromatic N) is 2. The summed E-state index contributed by atoms with van der Waals surface area (Å²) in [6, 6.07) is 13.8. The highest BCUT2D eigenvalue weighted by atomic mass is 32.2. The van der Waals surface area contributed by atoms with Gasteiger partial charge in [0.05, 0.1) is 0 Å². The van der Waals surface area contributed by atoms with E-state index >= 15 is 0 Å². The number of allylic oxidation sites excluding steroid dienone is 5. The fourth-order valence-electron chi connectivity index (χ4n) is 1.68. The van der Waals surface area contributed by atoms with Gasteiger partial charge in [-0.2, -0.15) is 10.5 Å². The van der Waals surface area contributed by atoms with E-state index in [2.05, 4.69) is 0 Å². The summed E-state index contributed by atoms with van der Waals surface area (Å²) in [7, 11) is 0. The molecule has 0 amide bonds. The second kappa shape index (κ2) is 5.40. The van der Waals surface area contributed by atoms with Gasteiger partial charge in [0.15, 0.2) is 0 Å². The minimum absolute atomic E-state index is 0.156. The average molecular weight is 250 g/mol. The molecule has 1 aromatic carbocycles. The molecule has 3 heteroatoms. The number of hydrogen-bond donors (Lipinski definition) is 0. The van der Waals surface area contributed by atoms with Gasteiger partial charge in [-0.05, 0) is 29.5 Å². The van der Waals surface area contributed by atoms with Gasteiger partial charge in [0.1, 0.15) is 17.7 Å². The molecule has 0 aliphatic carbocycles. The largest absolute Gasteiger partial charge is 0.192 e. The van der Waals surface area contributed by atoms with Crippen molar-refractivity contribution in [2.75, 3.05) is 0 Å². The first kappa shape index (κ1) is 12.2. The van der Waals surface area contributed by atoms with Crippen LogP contribution in [-0.2, 0) is 0 Å². The van der Waals surface area contributed by atoms with Gasteiger partial charge in [0.2, 0.25) is 0 Å². The molecule has 0 saturated carbocycles. The average Bonchev–Trinajstić information content (AvgIpc) is 2.40. The highest BCUT2D eigenvalue weighted by molar-refractivity contribution is 8.11. The zero-order chi connectivity index (χ0) is 13.0. The van der Waals surface area contributed by atoms with Gasteiger partial charge in [0, 0.05) is 10.5 Å². The van der Waals surface area contributed by atoms with Crippen LogP contribution in [0.4, 0.5) is 0 Å². The van der Waals surface area contributed by atoms with Crippen molar-refractivity contribution < 1.29 is 0 Å². The van der Waals surface area contributed by atoms with Crippen molar-refractivity contribution in [2.24, 2.45) is 0 Å². The van der Waals surface area contributed by atoms with Crippen LogP contribution in [0.15, 0.2) is 58.5 Å². The molecule has 1 aliphatic rings. The van der Waals surface area contributed by atoms with Crippen molar-refractivity contribution >= 4 is 16.7 Å². The maximum Gasteiger partial charge on any atom is 0.136 e. The van der Waals surface area contributed by atoms with Gasteiger partial charge in [0.25, 0.3) is 0 Å². The monoisotopic (exact) mass is 250 g/mol. The Balaban J connectivity index is 2.51. The first-order valence-electron chi connectivity index (χ1n) is 5.42. The Morgan fingerprint density at radius 2 is 1.72 bits per heavy atom. The van der Waals surface area contributed by atoms with Gasteiger partial charge in [-0.15, -0.1) is 0 Å². The smallest absolute Gasteiger partial charge is 0.136 e. The Hall–Kier alpha value is -2.23. The SMILES string of the molecule is CC1=CC(=C(C#N)C#N)C=C(c2ccccc2)S1. The van der Waals surface area contributed by atoms with E-state index in [0.29, 0.717) is 5.57 Å². The molecule has 1 aliphatic heterocycles. The van der Waals surface area contributed by atoms with E-state index in [1.165, 1.54) is 0 Å². The summed E-state index contributed by atoms with van der Waals surface area (Å²) in [6.45, 7) is 1.98. The van der Waals surface area contributed by atoms with Crippen LogP contribution in [-0.4, -0.2) is 0 Å². The number of nitriles is 2. The summed E-state index contributed by atoms with van der Waals surface area (Å²) >= 11 is 1.65. The van der Waals surface area contributed by atoms with E-state index < -0.39 is 0 Å². The fraction of sp³-hybridized carbons (Fsp3) is 0.0667. The van der Waals surface area contributed by atoms with E-state index in [1.54, 1.807) is 11.8 Å². The van der Waals surface area contributed by atoms with Crippen LogP contribution in [0, 0.1) is 22.7 Å². The molecular formula is C15H10N2S. The van der Waals surface area contributed by atoms with Gasteiger partial charge in [-0.3, -0.25) is 0 Å². The number of rotatable bonds is 1. The number of benzene rings is 1. The summed E-state index contributed by atoms with van der Waals surface area (Å²) < 4.78 is 0. The maximum absolute atomic E-state index is 8.93. The third kappa shape index (κ3) is 2.53. The maximum atomic E-state index is 8.93. The molecule has 0 N–H and O–H groups in total. The predicted molar refractivity (Wildman–Crippen MR) is 74.0 cm³/mol. The normalized spacial score (nSPS) is 14.1. The Bertz CT molecular complexity index is 621. The van der Waals surface area contributed by atoms with Gasteiger partial charge < -0.3 is 0 Å². The highest BCUT2D eigenvalue weighted by Gasteiger charge is 2.12. The zero-order valence-electron chi connectivity index (χ0n) is 9.84. The summed E-state index contributed by atoms with van der Waals surface area (Å²) in [5, 5.41) is 17.9. The van der Waals surface area contributed by atoms with Crippen LogP contribution in [0.3, 0.4) is 0 Å². The van der Waals surface area contributed by atoms with Crippen LogP contribution in [0.1, 0.15) is 12.5 Å². The minimum atomic E-state index is 0.156. The standard InChI is InChI=1S/C15H10N2S/c1-11-7-13(14(9-16)10-17)8-15(18-11)12-5-3-2-4-6-12/h2-8H,1H3. The molecule has 0 unspecified atom stereocenters. The molecule has 0 bridgehead atoms. The second-order valence-electron chi connectivity index (χ2n) is 3.79. The van der Waals surface area contributed by atoms with E-state index in [9.17, 15) is 0 Å². The van der Waals surface area contributed by atoms with Crippen LogP contribution in [0.2, 0.25) is 0 Å². The van der Waals surface area contributed by atoms with Crippen LogP contribution in [0.5, 0.6) is 0 Å². The molecular weight excluding hydrogens is 240 g/mol. The molecule has 0 fully saturated rings. The molecule has 1 aromatic rings. The minimum Gasteiger partial charge on any atom is -0.192 e. The summed E-state index contributed by atoms with van der Waals surface area (Å²) in [4.78, 5) is 2.14. The van der Waals surface area contributed by atoms with Crippen molar-refractivity contribution in [2.45, 2.75) is 6.92 Å². The van der Waals surface area contributed by atoms with E-state index in [4.69, 9.17) is 10.5 Å². The molecule has 2 rings (SSSR count). The van der Waals surface area contributed by atoms with Gasteiger partial charge in [-0.25, -0.2) is 0 Å². The van der Waals surface area contributed by atoms with Crippen molar-refractivity contribution in [3.63, 3.8) is 0 Å². The lowest BCUT2D eigenvalue weighted by molar-refractivity contribution is 1.43. The van der Waals surface area contributed by atoms with Crippen molar-refractivity contribution in [3.05, 3.63) is 64.1 Å². The topological polar surface area (TPSA) is 47.6 Å². The lowest BCUT2D eigenvalue weighted by atomic mass is 10.1. The van der Waals surface area contributed by atoms with Crippen LogP contribution in [0.25, 0.3) is 4.91 Å². The molecule has 1 heterocycles.